The number of ketones is 1. The molecule has 2 aliphatic heterocycles. The van der Waals surface area contributed by atoms with Crippen LogP contribution >= 0.6 is 0 Å². The standard InChI is InChI=1S/C16H25NO3/c1-10-8-12(18)15-4-2-6-17-7-3-5-16(15,17)13(19)9-11(15)14(10)20/h10-12,14,18,20H,2-9H2,1H3/t10-,11+,12-,14+,15+,16-/m0/s1. The Balaban J connectivity index is 1.88. The predicted octanol–water partition coefficient (Wildman–Crippen LogP) is 0.952. The Labute approximate surface area is 120 Å². The summed E-state index contributed by atoms with van der Waals surface area (Å²) >= 11 is 0. The molecule has 2 N–H and O–H groups in total. The average molecular weight is 279 g/mol. The molecule has 2 saturated carbocycles. The van der Waals surface area contributed by atoms with Gasteiger partial charge in [-0.05, 0) is 51.1 Å². The highest BCUT2D eigenvalue weighted by atomic mass is 16.3. The lowest BCUT2D eigenvalue weighted by atomic mass is 9.52. The summed E-state index contributed by atoms with van der Waals surface area (Å²) < 4.78 is 0. The second-order valence-electron chi connectivity index (χ2n) is 7.55. The lowest BCUT2D eigenvalue weighted by Crippen LogP contribution is -2.69. The van der Waals surface area contributed by atoms with Gasteiger partial charge in [0.05, 0.1) is 17.7 Å². The van der Waals surface area contributed by atoms with Crippen molar-refractivity contribution < 1.29 is 15.0 Å². The number of carbonyl (C=O) groups excluding carboxylic acids is 1. The Morgan fingerprint density at radius 3 is 2.65 bits per heavy atom. The van der Waals surface area contributed by atoms with Crippen molar-refractivity contribution in [1.82, 2.24) is 4.90 Å². The number of rotatable bonds is 0. The normalized spacial score (nSPS) is 55.5. The maximum atomic E-state index is 12.9. The summed E-state index contributed by atoms with van der Waals surface area (Å²) in [5.41, 5.74) is -0.818. The van der Waals surface area contributed by atoms with Crippen molar-refractivity contribution in [3.63, 3.8) is 0 Å². The van der Waals surface area contributed by atoms with Crippen molar-refractivity contribution in [3.8, 4) is 0 Å². The number of hydrogen-bond acceptors (Lipinski definition) is 4. The van der Waals surface area contributed by atoms with E-state index >= 15 is 0 Å². The summed E-state index contributed by atoms with van der Waals surface area (Å²) in [6.45, 7) is 3.97. The second-order valence-corrected chi connectivity index (χ2v) is 7.55. The Bertz CT molecular complexity index is 453. The number of aliphatic hydroxyl groups is 2. The van der Waals surface area contributed by atoms with Gasteiger partial charge in [-0.2, -0.15) is 0 Å². The van der Waals surface area contributed by atoms with Crippen LogP contribution in [0.25, 0.3) is 0 Å². The zero-order valence-electron chi connectivity index (χ0n) is 12.2. The van der Waals surface area contributed by atoms with E-state index in [1.54, 1.807) is 0 Å². The minimum absolute atomic E-state index is 0.0327. The van der Waals surface area contributed by atoms with Gasteiger partial charge in [-0.3, -0.25) is 9.69 Å². The largest absolute Gasteiger partial charge is 0.393 e. The maximum Gasteiger partial charge on any atom is 0.154 e. The summed E-state index contributed by atoms with van der Waals surface area (Å²) in [5, 5.41) is 21.6. The van der Waals surface area contributed by atoms with Crippen molar-refractivity contribution in [2.24, 2.45) is 17.3 Å². The summed E-state index contributed by atoms with van der Waals surface area (Å²) in [7, 11) is 0. The van der Waals surface area contributed by atoms with Crippen LogP contribution in [0.2, 0.25) is 0 Å². The van der Waals surface area contributed by atoms with Gasteiger partial charge in [0.15, 0.2) is 5.78 Å². The van der Waals surface area contributed by atoms with Crippen molar-refractivity contribution in [1.29, 1.82) is 0 Å². The van der Waals surface area contributed by atoms with Crippen molar-refractivity contribution in [2.45, 2.75) is 63.2 Å². The molecule has 0 aromatic rings. The van der Waals surface area contributed by atoms with Crippen LogP contribution < -0.4 is 0 Å². The summed E-state index contributed by atoms with van der Waals surface area (Å²) in [6.07, 6.45) is 4.15. The number of aliphatic hydroxyl groups excluding tert-OH is 2. The molecule has 6 atom stereocenters. The summed E-state index contributed by atoms with van der Waals surface area (Å²) in [6, 6.07) is 0. The van der Waals surface area contributed by atoms with Crippen LogP contribution in [0.3, 0.4) is 0 Å². The Morgan fingerprint density at radius 1 is 1.20 bits per heavy atom. The number of nitrogens with zero attached hydrogens (tertiary/aromatic N) is 1. The van der Waals surface area contributed by atoms with E-state index < -0.39 is 17.7 Å². The molecule has 4 nitrogen and oxygen atoms in total. The molecule has 112 valence electrons. The highest BCUT2D eigenvalue weighted by molar-refractivity contribution is 5.93. The molecule has 2 aliphatic carbocycles. The van der Waals surface area contributed by atoms with Crippen LogP contribution in [0.4, 0.5) is 0 Å². The molecule has 0 bridgehead atoms. The molecule has 0 amide bonds. The zero-order chi connectivity index (χ0) is 14.1. The van der Waals surface area contributed by atoms with Gasteiger partial charge in [0.25, 0.3) is 0 Å². The SMILES string of the molecule is C[C@H]1C[C@H](O)[C@]23CCCN4CCC[C@@]42C(=O)C[C@@H]3[C@@H]1O. The first-order chi connectivity index (χ1) is 9.54. The molecule has 2 heterocycles. The Hall–Kier alpha value is -0.450. The van der Waals surface area contributed by atoms with Gasteiger partial charge in [-0.1, -0.05) is 6.92 Å². The van der Waals surface area contributed by atoms with Crippen LogP contribution in [-0.2, 0) is 4.79 Å². The third kappa shape index (κ3) is 1.23. The van der Waals surface area contributed by atoms with Crippen LogP contribution in [0.1, 0.15) is 45.4 Å². The third-order valence-corrected chi connectivity index (χ3v) is 7.01. The molecule has 0 unspecified atom stereocenters. The maximum absolute atomic E-state index is 12.9. The van der Waals surface area contributed by atoms with Crippen LogP contribution in [-0.4, -0.2) is 51.7 Å². The predicted molar refractivity (Wildman–Crippen MR) is 74.1 cm³/mol. The fraction of sp³-hybridized carbons (Fsp3) is 0.938. The zero-order valence-corrected chi connectivity index (χ0v) is 12.2. The topological polar surface area (TPSA) is 60.8 Å². The molecule has 20 heavy (non-hydrogen) atoms. The molecule has 4 fully saturated rings. The van der Waals surface area contributed by atoms with Crippen LogP contribution in [0.5, 0.6) is 0 Å². The van der Waals surface area contributed by atoms with E-state index in [4.69, 9.17) is 0 Å². The third-order valence-electron chi connectivity index (χ3n) is 7.01. The van der Waals surface area contributed by atoms with Gasteiger partial charge in [-0.15, -0.1) is 0 Å². The fourth-order valence-corrected chi connectivity index (χ4v) is 6.31. The van der Waals surface area contributed by atoms with E-state index in [-0.39, 0.29) is 17.3 Å². The highest BCUT2D eigenvalue weighted by Gasteiger charge is 2.74. The Morgan fingerprint density at radius 2 is 1.90 bits per heavy atom. The minimum Gasteiger partial charge on any atom is -0.393 e. The number of carbonyl (C=O) groups is 1. The molecular formula is C16H25NO3. The van der Waals surface area contributed by atoms with E-state index in [1.165, 1.54) is 0 Å². The average Bonchev–Trinajstić information content (AvgIpc) is 2.96. The molecule has 2 saturated heterocycles. The lowest BCUT2D eigenvalue weighted by Gasteiger charge is -2.59. The molecular weight excluding hydrogens is 254 g/mol. The van der Waals surface area contributed by atoms with E-state index in [0.717, 1.165) is 38.8 Å². The molecule has 4 heteroatoms. The first-order valence-corrected chi connectivity index (χ1v) is 8.18. The minimum atomic E-state index is -0.448. The van der Waals surface area contributed by atoms with Gasteiger partial charge >= 0.3 is 0 Å². The first-order valence-electron chi connectivity index (χ1n) is 8.18. The second kappa shape index (κ2) is 4.05. The van der Waals surface area contributed by atoms with Crippen LogP contribution in [0.15, 0.2) is 0 Å². The molecule has 0 aromatic heterocycles. The first kappa shape index (κ1) is 13.2. The molecule has 0 radical (unpaired) electrons. The van der Waals surface area contributed by atoms with E-state index in [9.17, 15) is 15.0 Å². The number of Topliss-reactive ketones (excluding diaryl/α,β-unsaturated/α-hetero) is 1. The molecule has 0 aromatic carbocycles. The van der Waals surface area contributed by atoms with Gasteiger partial charge in [0.2, 0.25) is 0 Å². The van der Waals surface area contributed by atoms with Crippen molar-refractivity contribution in [3.05, 3.63) is 0 Å². The Kier molecular flexibility index (Phi) is 2.68. The molecule has 4 aliphatic rings. The lowest BCUT2D eigenvalue weighted by molar-refractivity contribution is -0.186. The quantitative estimate of drug-likeness (QED) is 0.693. The van der Waals surface area contributed by atoms with Gasteiger partial charge in [0, 0.05) is 17.8 Å². The monoisotopic (exact) mass is 279 g/mol. The van der Waals surface area contributed by atoms with Gasteiger partial charge in [-0.25, -0.2) is 0 Å². The van der Waals surface area contributed by atoms with E-state index in [2.05, 4.69) is 4.90 Å². The fourth-order valence-electron chi connectivity index (χ4n) is 6.31. The van der Waals surface area contributed by atoms with Crippen molar-refractivity contribution in [2.75, 3.05) is 13.1 Å². The summed E-state index contributed by atoms with van der Waals surface area (Å²) in [5.74, 6) is 0.363. The number of piperidine rings is 1. The number of hydrogen-bond donors (Lipinski definition) is 2. The van der Waals surface area contributed by atoms with Crippen LogP contribution in [0, 0.1) is 17.3 Å². The molecule has 4 rings (SSSR count). The molecule has 2 spiro atoms. The van der Waals surface area contributed by atoms with E-state index in [1.807, 2.05) is 6.92 Å². The summed E-state index contributed by atoms with van der Waals surface area (Å²) in [4.78, 5) is 15.3. The smallest absolute Gasteiger partial charge is 0.154 e. The van der Waals surface area contributed by atoms with Gasteiger partial charge < -0.3 is 10.2 Å². The van der Waals surface area contributed by atoms with Crippen molar-refractivity contribution >= 4 is 5.78 Å². The highest BCUT2D eigenvalue weighted by Crippen LogP contribution is 2.65. The van der Waals surface area contributed by atoms with E-state index in [0.29, 0.717) is 18.6 Å². The van der Waals surface area contributed by atoms with Gasteiger partial charge in [0.1, 0.15) is 0 Å².